The third kappa shape index (κ3) is 2.99. The summed E-state index contributed by atoms with van der Waals surface area (Å²) in [5.41, 5.74) is 3.86. The van der Waals surface area contributed by atoms with Gasteiger partial charge in [-0.3, -0.25) is 14.2 Å². The van der Waals surface area contributed by atoms with Gasteiger partial charge in [-0.15, -0.1) is 0 Å². The van der Waals surface area contributed by atoms with E-state index < -0.39 is 0 Å². The Balaban J connectivity index is 1.54. The Bertz CT molecular complexity index is 891. The molecule has 1 aromatic heterocycles. The van der Waals surface area contributed by atoms with Crippen LogP contribution in [0.2, 0.25) is 0 Å². The number of carbonyl (C=O) groups excluding carboxylic acids is 1. The second-order valence-electron chi connectivity index (χ2n) is 6.58. The van der Waals surface area contributed by atoms with E-state index in [9.17, 15) is 9.59 Å². The van der Waals surface area contributed by atoms with Crippen molar-refractivity contribution < 1.29 is 4.79 Å². The Morgan fingerprint density at radius 3 is 3.04 bits per heavy atom. The summed E-state index contributed by atoms with van der Waals surface area (Å²) in [6.07, 6.45) is 3.89. The van der Waals surface area contributed by atoms with Gasteiger partial charge in [0, 0.05) is 23.4 Å². The number of carbonyl (C=O) groups is 1. The third-order valence-electron chi connectivity index (χ3n) is 4.97. The second-order valence-corrected chi connectivity index (χ2v) is 7.56. The number of amides is 1. The number of anilines is 1. The van der Waals surface area contributed by atoms with Crippen molar-refractivity contribution >= 4 is 23.4 Å². The molecule has 6 heteroatoms. The van der Waals surface area contributed by atoms with Crippen molar-refractivity contribution in [3.05, 3.63) is 51.4 Å². The first-order valence-electron chi connectivity index (χ1n) is 8.82. The minimum atomic E-state index is -0.111. The molecular formula is C19H21N3O2S. The van der Waals surface area contributed by atoms with Gasteiger partial charge in [0.25, 0.3) is 5.56 Å². The van der Waals surface area contributed by atoms with Crippen LogP contribution < -0.4 is 10.9 Å². The lowest BCUT2D eigenvalue weighted by molar-refractivity contribution is -0.116. The van der Waals surface area contributed by atoms with Gasteiger partial charge in [-0.1, -0.05) is 36.9 Å². The largest absolute Gasteiger partial charge is 0.326 e. The Kier molecular flexibility index (Phi) is 4.37. The van der Waals surface area contributed by atoms with Crippen molar-refractivity contribution in [2.75, 3.05) is 11.1 Å². The van der Waals surface area contributed by atoms with Crippen molar-refractivity contribution in [1.29, 1.82) is 0 Å². The van der Waals surface area contributed by atoms with Gasteiger partial charge < -0.3 is 5.32 Å². The van der Waals surface area contributed by atoms with Gasteiger partial charge >= 0.3 is 0 Å². The van der Waals surface area contributed by atoms with Crippen LogP contribution in [0.25, 0.3) is 0 Å². The Hall–Kier alpha value is -2.08. The van der Waals surface area contributed by atoms with Crippen LogP contribution in [0.1, 0.15) is 42.6 Å². The lowest BCUT2D eigenvalue weighted by Gasteiger charge is -2.15. The number of thioether (sulfide) groups is 1. The van der Waals surface area contributed by atoms with E-state index >= 15 is 0 Å². The minimum Gasteiger partial charge on any atom is -0.326 e. The summed E-state index contributed by atoms with van der Waals surface area (Å²) in [5.74, 6) is 0.681. The van der Waals surface area contributed by atoms with E-state index in [1.807, 2.05) is 24.3 Å². The summed E-state index contributed by atoms with van der Waals surface area (Å²) in [4.78, 5) is 30.0. The van der Waals surface area contributed by atoms with E-state index in [0.717, 1.165) is 59.1 Å². The zero-order valence-corrected chi connectivity index (χ0v) is 15.1. The molecule has 4 rings (SSSR count). The van der Waals surface area contributed by atoms with Gasteiger partial charge in [0.2, 0.25) is 5.91 Å². The fourth-order valence-electron chi connectivity index (χ4n) is 3.67. The SMILES string of the molecule is CCc1ccccc1NC(=O)CC1CSc2nc3c(c(=O)n21)CCC3. The molecule has 1 aliphatic carbocycles. The molecule has 1 atom stereocenters. The number of benzene rings is 1. The van der Waals surface area contributed by atoms with Crippen LogP contribution in [0.15, 0.2) is 34.2 Å². The van der Waals surface area contributed by atoms with Crippen molar-refractivity contribution in [1.82, 2.24) is 9.55 Å². The fourth-order valence-corrected chi connectivity index (χ4v) is 4.82. The highest BCUT2D eigenvalue weighted by atomic mass is 32.2. The topological polar surface area (TPSA) is 64.0 Å². The maximum Gasteiger partial charge on any atom is 0.257 e. The van der Waals surface area contributed by atoms with Crippen molar-refractivity contribution in [3.8, 4) is 0 Å². The maximum absolute atomic E-state index is 12.8. The number of nitrogens with zero attached hydrogens (tertiary/aromatic N) is 2. The van der Waals surface area contributed by atoms with Gasteiger partial charge in [-0.05, 0) is 37.3 Å². The van der Waals surface area contributed by atoms with Crippen molar-refractivity contribution in [2.24, 2.45) is 0 Å². The molecule has 2 aliphatic rings. The smallest absolute Gasteiger partial charge is 0.257 e. The molecule has 1 unspecified atom stereocenters. The highest BCUT2D eigenvalue weighted by Crippen LogP contribution is 2.34. The fraction of sp³-hybridized carbons (Fsp3) is 0.421. The zero-order valence-electron chi connectivity index (χ0n) is 14.2. The first-order valence-corrected chi connectivity index (χ1v) is 9.80. The first-order chi connectivity index (χ1) is 12.2. The van der Waals surface area contributed by atoms with Crippen molar-refractivity contribution in [3.63, 3.8) is 0 Å². The van der Waals surface area contributed by atoms with Gasteiger partial charge in [0.15, 0.2) is 5.16 Å². The summed E-state index contributed by atoms with van der Waals surface area (Å²) in [5, 5.41) is 3.78. The molecule has 25 heavy (non-hydrogen) atoms. The number of hydrogen-bond acceptors (Lipinski definition) is 4. The van der Waals surface area contributed by atoms with Gasteiger partial charge in [-0.2, -0.15) is 0 Å². The molecule has 0 radical (unpaired) electrons. The third-order valence-corrected chi connectivity index (χ3v) is 6.06. The predicted octanol–water partition coefficient (Wildman–Crippen LogP) is 2.97. The summed E-state index contributed by atoms with van der Waals surface area (Å²) in [6.45, 7) is 2.07. The number of para-hydroxylation sites is 1. The van der Waals surface area contributed by atoms with Crippen LogP contribution in [0.3, 0.4) is 0 Å². The van der Waals surface area contributed by atoms with Crippen LogP contribution in [-0.4, -0.2) is 21.2 Å². The minimum absolute atomic E-state index is 0.0493. The Labute approximate surface area is 150 Å². The average Bonchev–Trinajstić information content (AvgIpc) is 3.23. The Morgan fingerprint density at radius 1 is 1.36 bits per heavy atom. The van der Waals surface area contributed by atoms with Crippen LogP contribution in [-0.2, 0) is 24.1 Å². The predicted molar refractivity (Wildman–Crippen MR) is 99.3 cm³/mol. The monoisotopic (exact) mass is 355 g/mol. The molecule has 130 valence electrons. The van der Waals surface area contributed by atoms with Crippen LogP contribution in [0.4, 0.5) is 5.69 Å². The summed E-state index contributed by atoms with van der Waals surface area (Å²) >= 11 is 1.58. The number of aromatic nitrogens is 2. The lowest BCUT2D eigenvalue weighted by Crippen LogP contribution is -2.30. The van der Waals surface area contributed by atoms with E-state index in [0.29, 0.717) is 6.42 Å². The molecule has 0 saturated heterocycles. The van der Waals surface area contributed by atoms with E-state index in [2.05, 4.69) is 17.2 Å². The van der Waals surface area contributed by atoms with E-state index in [1.165, 1.54) is 0 Å². The molecule has 5 nitrogen and oxygen atoms in total. The number of rotatable bonds is 4. The number of fused-ring (bicyclic) bond motifs is 2. The summed E-state index contributed by atoms with van der Waals surface area (Å²) in [6, 6.07) is 7.74. The Morgan fingerprint density at radius 2 is 2.20 bits per heavy atom. The number of aryl methyl sites for hydroxylation is 2. The maximum atomic E-state index is 12.8. The van der Waals surface area contributed by atoms with Gasteiger partial charge in [0.1, 0.15) is 0 Å². The highest BCUT2D eigenvalue weighted by molar-refractivity contribution is 7.99. The molecule has 1 N–H and O–H groups in total. The van der Waals surface area contributed by atoms with Crippen LogP contribution >= 0.6 is 11.8 Å². The molecule has 0 saturated carbocycles. The first kappa shape index (κ1) is 16.4. The van der Waals surface area contributed by atoms with Gasteiger partial charge in [-0.25, -0.2) is 4.98 Å². The lowest BCUT2D eigenvalue weighted by atomic mass is 10.1. The van der Waals surface area contributed by atoms with Crippen molar-refractivity contribution in [2.45, 2.75) is 50.2 Å². The number of nitrogens with one attached hydrogen (secondary N) is 1. The molecule has 1 aromatic carbocycles. The zero-order chi connectivity index (χ0) is 17.4. The molecule has 1 aliphatic heterocycles. The molecule has 2 heterocycles. The average molecular weight is 355 g/mol. The second kappa shape index (κ2) is 6.67. The standard InChI is InChI=1S/C19H21N3O2S/c1-2-12-6-3-4-8-15(12)20-17(23)10-13-11-25-19-21-16-9-5-7-14(16)18(24)22(13)19/h3-4,6,8,13H,2,5,7,9-11H2,1H3,(H,20,23). The summed E-state index contributed by atoms with van der Waals surface area (Å²) < 4.78 is 1.75. The molecule has 0 fully saturated rings. The van der Waals surface area contributed by atoms with E-state index in [-0.39, 0.29) is 17.5 Å². The molecule has 0 bridgehead atoms. The van der Waals surface area contributed by atoms with Crippen LogP contribution in [0.5, 0.6) is 0 Å². The molecule has 0 spiro atoms. The van der Waals surface area contributed by atoms with Gasteiger partial charge in [0.05, 0.1) is 11.7 Å². The van der Waals surface area contributed by atoms with E-state index in [4.69, 9.17) is 0 Å². The quantitative estimate of drug-likeness (QED) is 0.857. The normalized spacial score (nSPS) is 18.0. The van der Waals surface area contributed by atoms with E-state index in [1.54, 1.807) is 16.3 Å². The molecule has 1 amide bonds. The summed E-state index contributed by atoms with van der Waals surface area (Å²) in [7, 11) is 0. The molecular weight excluding hydrogens is 334 g/mol. The molecule has 2 aromatic rings. The number of hydrogen-bond donors (Lipinski definition) is 1. The van der Waals surface area contributed by atoms with Crippen LogP contribution in [0, 0.1) is 0 Å². The highest BCUT2D eigenvalue weighted by Gasteiger charge is 2.31.